The lowest BCUT2D eigenvalue weighted by Gasteiger charge is -2.39. The number of benzene rings is 2. The largest absolute Gasteiger partial charge is 0.395 e. The highest BCUT2D eigenvalue weighted by Crippen LogP contribution is 2.51. The number of hydrogen-bond donors (Lipinski definition) is 4. The number of aliphatic hydroxyl groups excluding tert-OH is 1. The van der Waals surface area contributed by atoms with Gasteiger partial charge in [0.25, 0.3) is 5.91 Å². The van der Waals surface area contributed by atoms with Crippen LogP contribution < -0.4 is 16.0 Å². The van der Waals surface area contributed by atoms with E-state index in [0.29, 0.717) is 42.6 Å². The molecule has 1 aliphatic carbocycles. The number of ether oxygens (including phenoxy) is 2. The van der Waals surface area contributed by atoms with E-state index in [1.165, 1.54) is 17.7 Å². The van der Waals surface area contributed by atoms with Crippen molar-refractivity contribution in [3.05, 3.63) is 59.7 Å². The molecule has 8 heteroatoms. The van der Waals surface area contributed by atoms with Crippen molar-refractivity contribution < 1.29 is 19.4 Å². The quantitative estimate of drug-likeness (QED) is 0.375. The van der Waals surface area contributed by atoms with Crippen LogP contribution in [-0.4, -0.2) is 73.7 Å². The fourth-order valence-electron chi connectivity index (χ4n) is 7.11. The van der Waals surface area contributed by atoms with Crippen molar-refractivity contribution in [3.8, 4) is 0 Å². The fraction of sp³-hybridized carbons (Fsp3) is 0.567. The lowest BCUT2D eigenvalue weighted by atomic mass is 9.81. The van der Waals surface area contributed by atoms with Gasteiger partial charge in [0.2, 0.25) is 0 Å². The van der Waals surface area contributed by atoms with E-state index in [2.05, 4.69) is 45.1 Å². The van der Waals surface area contributed by atoms with E-state index >= 15 is 0 Å². The van der Waals surface area contributed by atoms with Gasteiger partial charge in [-0.3, -0.25) is 9.69 Å². The van der Waals surface area contributed by atoms with E-state index in [0.717, 1.165) is 37.9 Å². The van der Waals surface area contributed by atoms with Gasteiger partial charge in [-0.15, -0.1) is 0 Å². The van der Waals surface area contributed by atoms with Crippen LogP contribution in [0.1, 0.15) is 54.1 Å². The highest BCUT2D eigenvalue weighted by atomic mass is 16.6. The van der Waals surface area contributed by atoms with Crippen molar-refractivity contribution in [2.45, 2.75) is 62.6 Å². The number of fused-ring (bicyclic) bond motifs is 3. The van der Waals surface area contributed by atoms with Gasteiger partial charge in [0.1, 0.15) is 12.3 Å². The molecular formula is C30H40N4O4. The summed E-state index contributed by atoms with van der Waals surface area (Å²) in [5, 5.41) is 19.2. The highest BCUT2D eigenvalue weighted by molar-refractivity contribution is 5.94. The second kappa shape index (κ2) is 11.2. The van der Waals surface area contributed by atoms with Gasteiger partial charge in [-0.05, 0) is 55.2 Å². The van der Waals surface area contributed by atoms with E-state index in [-0.39, 0.29) is 30.9 Å². The summed E-state index contributed by atoms with van der Waals surface area (Å²) in [6.07, 6.45) is 5.79. The number of nitrogens with one attached hydrogen (secondary N) is 3. The first-order valence-electron chi connectivity index (χ1n) is 14.2. The van der Waals surface area contributed by atoms with Crippen LogP contribution >= 0.6 is 0 Å². The van der Waals surface area contributed by atoms with Gasteiger partial charge in [0.15, 0.2) is 0 Å². The van der Waals surface area contributed by atoms with E-state index in [1.807, 2.05) is 24.3 Å². The second-order valence-electron chi connectivity index (χ2n) is 11.2. The van der Waals surface area contributed by atoms with Crippen molar-refractivity contribution in [2.24, 2.45) is 11.8 Å². The summed E-state index contributed by atoms with van der Waals surface area (Å²) in [6, 6.07) is 16.9. The number of carbonyl (C=O) groups is 1. The van der Waals surface area contributed by atoms with Crippen LogP contribution in [-0.2, 0) is 9.47 Å². The lowest BCUT2D eigenvalue weighted by Crippen LogP contribution is -2.46. The number of methoxy groups -OCH3 is 1. The summed E-state index contributed by atoms with van der Waals surface area (Å²) in [4.78, 5) is 15.7. The molecule has 4 N–H and O–H groups in total. The molecule has 7 atom stereocenters. The number of likely N-dealkylation sites (tertiary alicyclic amines) is 1. The molecule has 8 nitrogen and oxygen atoms in total. The molecule has 1 amide bonds. The van der Waals surface area contributed by atoms with E-state index in [4.69, 9.17) is 14.6 Å². The SMILES string of the molecule is COC[C@@H]1Nc2ccccc2[C@H]2[C@@H]1CCN2C1OC1[C@H]1CCCC[C@H]1NC(=O)c1ccc(NCCO)cc1. The van der Waals surface area contributed by atoms with E-state index < -0.39 is 0 Å². The molecule has 2 aromatic rings. The van der Waals surface area contributed by atoms with Gasteiger partial charge >= 0.3 is 0 Å². The van der Waals surface area contributed by atoms with Crippen LogP contribution in [0, 0.1) is 11.8 Å². The van der Waals surface area contributed by atoms with Crippen LogP contribution in [0.25, 0.3) is 0 Å². The maximum atomic E-state index is 13.1. The van der Waals surface area contributed by atoms with Crippen molar-refractivity contribution in [1.82, 2.24) is 10.2 Å². The summed E-state index contributed by atoms with van der Waals surface area (Å²) >= 11 is 0. The summed E-state index contributed by atoms with van der Waals surface area (Å²) in [5.74, 6) is 0.795. The number of hydrogen-bond acceptors (Lipinski definition) is 7. The fourth-order valence-corrected chi connectivity index (χ4v) is 7.11. The summed E-state index contributed by atoms with van der Waals surface area (Å²) in [6.45, 7) is 2.29. The van der Waals surface area contributed by atoms with Crippen molar-refractivity contribution >= 4 is 17.3 Å². The van der Waals surface area contributed by atoms with E-state index in [9.17, 15) is 4.79 Å². The normalized spacial score (nSPS) is 32.1. The smallest absolute Gasteiger partial charge is 0.251 e. The second-order valence-corrected chi connectivity index (χ2v) is 11.2. The summed E-state index contributed by atoms with van der Waals surface area (Å²) < 4.78 is 12.0. The Bertz CT molecular complexity index is 1110. The van der Waals surface area contributed by atoms with Crippen LogP contribution in [0.5, 0.6) is 0 Å². The number of aliphatic hydroxyl groups is 1. The predicted octanol–water partition coefficient (Wildman–Crippen LogP) is 3.61. The molecule has 0 aromatic heterocycles. The molecule has 0 bridgehead atoms. The third kappa shape index (κ3) is 5.02. The Balaban J connectivity index is 1.13. The Morgan fingerprint density at radius 1 is 1.11 bits per heavy atom. The van der Waals surface area contributed by atoms with Gasteiger partial charge in [-0.25, -0.2) is 0 Å². The molecule has 3 fully saturated rings. The predicted molar refractivity (Wildman–Crippen MR) is 147 cm³/mol. The van der Waals surface area contributed by atoms with Crippen LogP contribution in [0.2, 0.25) is 0 Å². The molecule has 4 aliphatic rings. The molecular weight excluding hydrogens is 480 g/mol. The first-order chi connectivity index (χ1) is 18.7. The van der Waals surface area contributed by atoms with E-state index in [1.54, 1.807) is 7.11 Å². The molecule has 2 unspecified atom stereocenters. The third-order valence-electron chi connectivity index (χ3n) is 8.94. The lowest BCUT2D eigenvalue weighted by molar-refractivity contribution is 0.0895. The molecule has 1 saturated carbocycles. The number of anilines is 2. The number of nitrogens with zero attached hydrogens (tertiary/aromatic N) is 1. The number of carbonyl (C=O) groups excluding carboxylic acids is 1. The Morgan fingerprint density at radius 2 is 1.92 bits per heavy atom. The monoisotopic (exact) mass is 520 g/mol. The van der Waals surface area contributed by atoms with Gasteiger partial charge in [-0.2, -0.15) is 0 Å². The van der Waals surface area contributed by atoms with Gasteiger partial charge in [0, 0.05) is 61.1 Å². The van der Waals surface area contributed by atoms with Crippen LogP contribution in [0.15, 0.2) is 48.5 Å². The molecule has 38 heavy (non-hydrogen) atoms. The molecule has 3 aliphatic heterocycles. The van der Waals surface area contributed by atoms with Crippen molar-refractivity contribution in [2.75, 3.05) is 44.0 Å². The Kier molecular flexibility index (Phi) is 7.56. The average molecular weight is 521 g/mol. The number of amides is 1. The Hall–Kier alpha value is -2.65. The maximum Gasteiger partial charge on any atom is 0.251 e. The van der Waals surface area contributed by atoms with Crippen LogP contribution in [0.3, 0.4) is 0 Å². The number of epoxide rings is 1. The first kappa shape index (κ1) is 25.6. The molecule has 2 saturated heterocycles. The van der Waals surface area contributed by atoms with Gasteiger partial charge < -0.3 is 30.5 Å². The third-order valence-corrected chi connectivity index (χ3v) is 8.94. The molecule has 204 valence electrons. The summed E-state index contributed by atoms with van der Waals surface area (Å²) in [5.41, 5.74) is 4.13. The minimum Gasteiger partial charge on any atom is -0.395 e. The first-order valence-corrected chi connectivity index (χ1v) is 14.2. The minimum absolute atomic E-state index is 0.0243. The Morgan fingerprint density at radius 3 is 2.74 bits per heavy atom. The zero-order valence-electron chi connectivity index (χ0n) is 22.1. The zero-order chi connectivity index (χ0) is 26.1. The van der Waals surface area contributed by atoms with Crippen LogP contribution in [0.4, 0.5) is 11.4 Å². The molecule has 0 radical (unpaired) electrons. The molecule has 6 rings (SSSR count). The topological polar surface area (TPSA) is 98.4 Å². The highest BCUT2D eigenvalue weighted by Gasteiger charge is 2.57. The molecule has 2 aromatic carbocycles. The molecule has 3 heterocycles. The Labute approximate surface area is 225 Å². The van der Waals surface area contributed by atoms with Gasteiger partial charge in [0.05, 0.1) is 19.3 Å². The van der Waals surface area contributed by atoms with Crippen molar-refractivity contribution in [1.29, 1.82) is 0 Å². The maximum absolute atomic E-state index is 13.1. The standard InChI is InChI=1S/C30H40N4O4/c1-37-18-26-22-14-16-34(27(22)21-6-2-4-8-24(21)32-26)30-28(38-30)23-7-3-5-9-25(23)33-29(36)19-10-12-20(13-11-19)31-15-17-35/h2,4,6,8,10-13,22-23,25-28,30-32,35H,3,5,7,9,14-18H2,1H3,(H,33,36)/t22-,23+,25-,26+,27+,28?,30?/m1/s1. The summed E-state index contributed by atoms with van der Waals surface area (Å²) in [7, 11) is 1.78. The zero-order valence-corrected chi connectivity index (χ0v) is 22.1. The average Bonchev–Trinajstić information content (AvgIpc) is 3.61. The number of rotatable bonds is 9. The molecule has 0 spiro atoms. The number of para-hydroxylation sites is 1. The van der Waals surface area contributed by atoms with Crippen molar-refractivity contribution in [3.63, 3.8) is 0 Å². The van der Waals surface area contributed by atoms with Gasteiger partial charge in [-0.1, -0.05) is 31.0 Å². The minimum atomic E-state index is -0.0243.